The first kappa shape index (κ1) is 14.6. The van der Waals surface area contributed by atoms with Crippen LogP contribution < -0.4 is 16.2 Å². The number of amides is 1. The molecule has 0 heterocycles. The molecule has 0 fully saturated rings. The van der Waals surface area contributed by atoms with Gasteiger partial charge in [0.1, 0.15) is 11.5 Å². The quantitative estimate of drug-likeness (QED) is 0.882. The van der Waals surface area contributed by atoms with Crippen LogP contribution in [0.1, 0.15) is 15.9 Å². The summed E-state index contributed by atoms with van der Waals surface area (Å²) in [5.74, 6) is 0.882. The number of carbonyl (C=O) groups is 1. The van der Waals surface area contributed by atoms with Crippen LogP contribution in [0.5, 0.6) is 11.5 Å². The maximum Gasteiger partial charge on any atom is 0.249 e. The molecule has 104 valence electrons. The third-order valence-electron chi connectivity index (χ3n) is 2.80. The summed E-state index contributed by atoms with van der Waals surface area (Å²) < 4.78 is 6.33. The van der Waals surface area contributed by atoms with Crippen molar-refractivity contribution in [1.29, 1.82) is 0 Å². The monoisotopic (exact) mass is 334 g/mol. The van der Waals surface area contributed by atoms with Gasteiger partial charge in [0.05, 0.1) is 5.56 Å². The van der Waals surface area contributed by atoms with Crippen molar-refractivity contribution >= 4 is 21.8 Å². The van der Waals surface area contributed by atoms with E-state index >= 15 is 0 Å². The molecule has 0 aliphatic rings. The number of carbonyl (C=O) groups excluding carboxylic acids is 1. The van der Waals surface area contributed by atoms with E-state index in [2.05, 4.69) is 15.9 Å². The van der Waals surface area contributed by atoms with Gasteiger partial charge in [-0.3, -0.25) is 4.79 Å². The highest BCUT2D eigenvalue weighted by molar-refractivity contribution is 9.10. The predicted molar refractivity (Wildman–Crippen MR) is 81.9 cm³/mol. The van der Waals surface area contributed by atoms with Crippen LogP contribution in [0.2, 0.25) is 0 Å². The van der Waals surface area contributed by atoms with Crippen molar-refractivity contribution in [3.8, 4) is 11.5 Å². The van der Waals surface area contributed by atoms with Gasteiger partial charge in [-0.25, -0.2) is 0 Å². The Morgan fingerprint density at radius 2 is 1.75 bits per heavy atom. The minimum absolute atomic E-state index is 0.427. The fourth-order valence-electron chi connectivity index (χ4n) is 1.79. The Morgan fingerprint density at radius 1 is 1.10 bits per heavy atom. The van der Waals surface area contributed by atoms with Crippen molar-refractivity contribution in [3.05, 3.63) is 58.1 Å². The molecular formula is C15H15BrN2O2. The van der Waals surface area contributed by atoms with Crippen LogP contribution in [0.3, 0.4) is 0 Å². The molecule has 4 N–H and O–H groups in total. The van der Waals surface area contributed by atoms with Crippen molar-refractivity contribution in [2.45, 2.75) is 6.42 Å². The van der Waals surface area contributed by atoms with Crippen LogP contribution >= 0.6 is 15.9 Å². The summed E-state index contributed by atoms with van der Waals surface area (Å²) in [4.78, 5) is 11.1. The molecule has 2 rings (SSSR count). The lowest BCUT2D eigenvalue weighted by Crippen LogP contribution is -2.11. The maximum atomic E-state index is 11.1. The first-order valence-electron chi connectivity index (χ1n) is 6.16. The highest BCUT2D eigenvalue weighted by Crippen LogP contribution is 2.27. The summed E-state index contributed by atoms with van der Waals surface area (Å²) in [5, 5.41) is 0. The zero-order valence-corrected chi connectivity index (χ0v) is 12.4. The summed E-state index contributed by atoms with van der Waals surface area (Å²) in [6, 6.07) is 12.8. The molecule has 0 unspecified atom stereocenters. The van der Waals surface area contributed by atoms with Gasteiger partial charge in [0.25, 0.3) is 0 Å². The Labute approximate surface area is 125 Å². The topological polar surface area (TPSA) is 78.3 Å². The van der Waals surface area contributed by atoms with E-state index in [0.29, 0.717) is 22.3 Å². The largest absolute Gasteiger partial charge is 0.457 e. The third-order valence-corrected chi connectivity index (χ3v) is 3.45. The minimum atomic E-state index is -0.477. The standard InChI is InChI=1S/C15H15BrN2O2/c16-14-9-12(5-6-13(14)15(18)19)20-11-3-1-10(2-4-11)7-8-17/h1-6,9H,7-8,17H2,(H2,18,19). The van der Waals surface area contributed by atoms with Crippen LogP contribution in [0, 0.1) is 0 Å². The van der Waals surface area contributed by atoms with Gasteiger partial charge in [-0.1, -0.05) is 12.1 Å². The van der Waals surface area contributed by atoms with Crippen molar-refractivity contribution in [2.75, 3.05) is 6.54 Å². The number of benzene rings is 2. The Hall–Kier alpha value is -1.85. The lowest BCUT2D eigenvalue weighted by molar-refractivity contribution is 0.0999. The van der Waals surface area contributed by atoms with Gasteiger partial charge in [0, 0.05) is 4.47 Å². The highest BCUT2D eigenvalue weighted by Gasteiger charge is 2.07. The van der Waals surface area contributed by atoms with Gasteiger partial charge in [0.2, 0.25) is 5.91 Å². The second-order valence-corrected chi connectivity index (χ2v) is 5.14. The third kappa shape index (κ3) is 3.59. The van der Waals surface area contributed by atoms with E-state index in [1.807, 2.05) is 24.3 Å². The number of hydrogen-bond acceptors (Lipinski definition) is 3. The number of ether oxygens (including phenoxy) is 1. The van der Waals surface area contributed by atoms with Gasteiger partial charge in [0.15, 0.2) is 0 Å². The predicted octanol–water partition coefficient (Wildman–Crippen LogP) is 2.84. The molecule has 0 aliphatic heterocycles. The van der Waals surface area contributed by atoms with Gasteiger partial charge in [-0.05, 0) is 64.8 Å². The van der Waals surface area contributed by atoms with E-state index in [1.54, 1.807) is 18.2 Å². The minimum Gasteiger partial charge on any atom is -0.457 e. The normalized spacial score (nSPS) is 10.3. The molecule has 0 atom stereocenters. The lowest BCUT2D eigenvalue weighted by Gasteiger charge is -2.08. The van der Waals surface area contributed by atoms with Crippen LogP contribution in [-0.4, -0.2) is 12.5 Å². The number of primary amides is 1. The molecule has 20 heavy (non-hydrogen) atoms. The van der Waals surface area contributed by atoms with Gasteiger partial charge >= 0.3 is 0 Å². The highest BCUT2D eigenvalue weighted by atomic mass is 79.9. The van der Waals surface area contributed by atoms with Crippen LogP contribution in [0.15, 0.2) is 46.9 Å². The van der Waals surface area contributed by atoms with Crippen molar-refractivity contribution in [2.24, 2.45) is 11.5 Å². The summed E-state index contributed by atoms with van der Waals surface area (Å²) in [6.07, 6.45) is 0.846. The first-order valence-corrected chi connectivity index (χ1v) is 6.95. The molecule has 2 aromatic carbocycles. The first-order chi connectivity index (χ1) is 9.60. The van der Waals surface area contributed by atoms with Crippen LogP contribution in [-0.2, 0) is 6.42 Å². The average Bonchev–Trinajstić information content (AvgIpc) is 2.41. The van der Waals surface area contributed by atoms with Crippen LogP contribution in [0.4, 0.5) is 0 Å². The Morgan fingerprint density at radius 3 is 2.30 bits per heavy atom. The van der Waals surface area contributed by atoms with Gasteiger partial charge in [-0.2, -0.15) is 0 Å². The summed E-state index contributed by atoms with van der Waals surface area (Å²) in [7, 11) is 0. The summed E-state index contributed by atoms with van der Waals surface area (Å²) in [5.41, 5.74) is 12.3. The molecule has 0 saturated heterocycles. The fourth-order valence-corrected chi connectivity index (χ4v) is 2.34. The second kappa shape index (κ2) is 6.54. The summed E-state index contributed by atoms with van der Waals surface area (Å²) >= 11 is 3.30. The number of halogens is 1. The molecule has 0 aliphatic carbocycles. The molecule has 0 aromatic heterocycles. The molecule has 1 amide bonds. The second-order valence-electron chi connectivity index (χ2n) is 4.29. The zero-order chi connectivity index (χ0) is 14.5. The molecule has 0 saturated carbocycles. The van der Waals surface area contributed by atoms with E-state index in [1.165, 1.54) is 5.56 Å². The van der Waals surface area contributed by atoms with Gasteiger partial charge in [-0.15, -0.1) is 0 Å². The Balaban J connectivity index is 2.13. The molecule has 5 heteroatoms. The lowest BCUT2D eigenvalue weighted by atomic mass is 10.1. The van der Waals surface area contributed by atoms with E-state index in [9.17, 15) is 4.79 Å². The van der Waals surface area contributed by atoms with Gasteiger partial charge < -0.3 is 16.2 Å². The Kier molecular flexibility index (Phi) is 4.76. The van der Waals surface area contributed by atoms with Crippen molar-refractivity contribution in [3.63, 3.8) is 0 Å². The molecule has 2 aromatic rings. The molecule has 0 radical (unpaired) electrons. The summed E-state index contributed by atoms with van der Waals surface area (Å²) in [6.45, 7) is 0.627. The van der Waals surface area contributed by atoms with Crippen molar-refractivity contribution in [1.82, 2.24) is 0 Å². The van der Waals surface area contributed by atoms with E-state index < -0.39 is 5.91 Å². The maximum absolute atomic E-state index is 11.1. The fraction of sp³-hybridized carbons (Fsp3) is 0.133. The van der Waals surface area contributed by atoms with Crippen LogP contribution in [0.25, 0.3) is 0 Å². The Bertz CT molecular complexity index is 612. The number of rotatable bonds is 5. The van der Waals surface area contributed by atoms with Crippen molar-refractivity contribution < 1.29 is 9.53 Å². The molecule has 0 bridgehead atoms. The average molecular weight is 335 g/mol. The molecule has 0 spiro atoms. The molecule has 4 nitrogen and oxygen atoms in total. The molecular weight excluding hydrogens is 320 g/mol. The number of nitrogens with two attached hydrogens (primary N) is 2. The number of hydrogen-bond donors (Lipinski definition) is 2. The SMILES string of the molecule is NCCc1ccc(Oc2ccc(C(N)=O)c(Br)c2)cc1. The van der Waals surface area contributed by atoms with E-state index in [4.69, 9.17) is 16.2 Å². The zero-order valence-electron chi connectivity index (χ0n) is 10.8. The van der Waals surface area contributed by atoms with E-state index in [-0.39, 0.29) is 0 Å². The van der Waals surface area contributed by atoms with E-state index in [0.717, 1.165) is 12.2 Å². The smallest absolute Gasteiger partial charge is 0.249 e.